The summed E-state index contributed by atoms with van der Waals surface area (Å²) in [4.78, 5) is 24.6. The molecule has 2 aromatic heterocycles. The molecule has 0 spiro atoms. The van der Waals surface area contributed by atoms with E-state index in [2.05, 4.69) is 6.92 Å². The molecule has 1 aromatic carbocycles. The Morgan fingerprint density at radius 1 is 1.22 bits per heavy atom. The lowest BCUT2D eigenvalue weighted by Crippen LogP contribution is -2.07. The lowest BCUT2D eigenvalue weighted by Gasteiger charge is -2.07. The molecule has 0 fully saturated rings. The number of hydrogen-bond donors (Lipinski definition) is 0. The van der Waals surface area contributed by atoms with Gasteiger partial charge in [0.15, 0.2) is 5.58 Å². The van der Waals surface area contributed by atoms with Crippen LogP contribution < -0.4 is 5.63 Å². The molecule has 0 saturated heterocycles. The number of carbonyl (C=O) groups is 1. The molecule has 0 bridgehead atoms. The van der Waals surface area contributed by atoms with Crippen LogP contribution in [0.1, 0.15) is 36.3 Å². The molecule has 0 radical (unpaired) electrons. The van der Waals surface area contributed by atoms with Crippen LogP contribution >= 0.6 is 0 Å². The first-order valence-electron chi connectivity index (χ1n) is 7.81. The van der Waals surface area contributed by atoms with Crippen molar-refractivity contribution in [1.29, 1.82) is 0 Å². The van der Waals surface area contributed by atoms with Gasteiger partial charge in [-0.15, -0.1) is 0 Å². The van der Waals surface area contributed by atoms with Gasteiger partial charge in [-0.3, -0.25) is 0 Å². The average molecular weight is 313 g/mol. The van der Waals surface area contributed by atoms with Gasteiger partial charge in [0.1, 0.15) is 5.56 Å². The van der Waals surface area contributed by atoms with E-state index in [1.807, 2.05) is 23.6 Å². The van der Waals surface area contributed by atoms with Crippen LogP contribution in [0.25, 0.3) is 21.9 Å². The summed E-state index contributed by atoms with van der Waals surface area (Å²) in [5.41, 5.74) is 1.77. The molecule has 5 nitrogen and oxygen atoms in total. The molecule has 2 heterocycles. The van der Waals surface area contributed by atoms with E-state index in [9.17, 15) is 9.59 Å². The van der Waals surface area contributed by atoms with Crippen molar-refractivity contribution in [2.45, 2.75) is 33.7 Å². The maximum Gasteiger partial charge on any atom is 0.344 e. The van der Waals surface area contributed by atoms with Gasteiger partial charge >= 0.3 is 11.6 Å². The van der Waals surface area contributed by atoms with Gasteiger partial charge in [0, 0.05) is 17.6 Å². The standard InChI is InChI=1S/C18H19NO4/c1-4-10-19-11(3)14(18(21)22-5-2)16-15(19)12-8-6-7-9-13(12)17(20)23-16/h6-9H,4-5,10H2,1-3H3. The molecule has 0 N–H and O–H groups in total. The van der Waals surface area contributed by atoms with Gasteiger partial charge in [0.25, 0.3) is 0 Å². The van der Waals surface area contributed by atoms with Crippen molar-refractivity contribution in [3.05, 3.63) is 45.9 Å². The second kappa shape index (κ2) is 5.91. The maximum atomic E-state index is 12.3. The molecular weight excluding hydrogens is 294 g/mol. The molecule has 0 aliphatic heterocycles. The van der Waals surface area contributed by atoms with Crippen molar-refractivity contribution < 1.29 is 13.9 Å². The van der Waals surface area contributed by atoms with Gasteiger partial charge in [0.05, 0.1) is 17.5 Å². The molecular formula is C18H19NO4. The molecule has 0 atom stereocenters. The fourth-order valence-electron chi connectivity index (χ4n) is 3.04. The highest BCUT2D eigenvalue weighted by Crippen LogP contribution is 2.31. The normalized spacial score (nSPS) is 11.3. The Bertz CT molecular complexity index is 949. The highest BCUT2D eigenvalue weighted by molar-refractivity contribution is 6.11. The first kappa shape index (κ1) is 15.3. The van der Waals surface area contributed by atoms with E-state index < -0.39 is 11.6 Å². The van der Waals surface area contributed by atoms with Gasteiger partial charge in [-0.1, -0.05) is 25.1 Å². The summed E-state index contributed by atoms with van der Waals surface area (Å²) in [6.07, 6.45) is 0.903. The number of nitrogens with zero attached hydrogens (tertiary/aromatic N) is 1. The minimum atomic E-state index is -0.455. The summed E-state index contributed by atoms with van der Waals surface area (Å²) in [5, 5.41) is 1.32. The zero-order valence-corrected chi connectivity index (χ0v) is 13.5. The van der Waals surface area contributed by atoms with Gasteiger partial charge < -0.3 is 13.7 Å². The SMILES string of the molecule is CCCn1c(C)c(C(=O)OCC)c2oc(=O)c3ccccc3c21. The number of aryl methyl sites for hydroxylation is 1. The summed E-state index contributed by atoms with van der Waals surface area (Å²) in [6.45, 7) is 6.69. The number of hydrogen-bond acceptors (Lipinski definition) is 4. The van der Waals surface area contributed by atoms with E-state index in [1.54, 1.807) is 19.1 Å². The average Bonchev–Trinajstić information content (AvgIpc) is 2.81. The first-order valence-corrected chi connectivity index (χ1v) is 7.81. The minimum absolute atomic E-state index is 0.274. The van der Waals surface area contributed by atoms with Gasteiger partial charge in [-0.2, -0.15) is 0 Å². The van der Waals surface area contributed by atoms with Crippen LogP contribution in [0.2, 0.25) is 0 Å². The smallest absolute Gasteiger partial charge is 0.344 e. The number of esters is 1. The Balaban J connectivity index is 2.49. The minimum Gasteiger partial charge on any atom is -0.462 e. The van der Waals surface area contributed by atoms with Crippen LogP contribution in [0.3, 0.4) is 0 Å². The quantitative estimate of drug-likeness (QED) is 0.690. The third-order valence-electron chi connectivity index (χ3n) is 4.00. The van der Waals surface area contributed by atoms with Crippen molar-refractivity contribution in [2.75, 3.05) is 6.61 Å². The molecule has 120 valence electrons. The predicted molar refractivity (Wildman–Crippen MR) is 89.0 cm³/mol. The largest absolute Gasteiger partial charge is 0.462 e. The summed E-state index contributed by atoms with van der Waals surface area (Å²) < 4.78 is 12.7. The lowest BCUT2D eigenvalue weighted by atomic mass is 10.1. The van der Waals surface area contributed by atoms with Crippen molar-refractivity contribution in [1.82, 2.24) is 4.57 Å². The van der Waals surface area contributed by atoms with Gasteiger partial charge in [-0.25, -0.2) is 9.59 Å². The van der Waals surface area contributed by atoms with E-state index >= 15 is 0 Å². The number of aromatic nitrogens is 1. The topological polar surface area (TPSA) is 61.4 Å². The fraction of sp³-hybridized carbons (Fsp3) is 0.333. The highest BCUT2D eigenvalue weighted by atomic mass is 16.5. The van der Waals surface area contributed by atoms with Crippen molar-refractivity contribution in [3.63, 3.8) is 0 Å². The molecule has 0 saturated carbocycles. The Morgan fingerprint density at radius 3 is 2.57 bits per heavy atom. The molecule has 23 heavy (non-hydrogen) atoms. The van der Waals surface area contributed by atoms with Crippen LogP contribution in [0.15, 0.2) is 33.5 Å². The van der Waals surface area contributed by atoms with Gasteiger partial charge in [0.2, 0.25) is 0 Å². The Kier molecular flexibility index (Phi) is 3.94. The zero-order valence-electron chi connectivity index (χ0n) is 13.5. The molecule has 0 unspecified atom stereocenters. The van der Waals surface area contributed by atoms with E-state index in [0.717, 1.165) is 29.6 Å². The second-order valence-electron chi connectivity index (χ2n) is 5.45. The third-order valence-corrected chi connectivity index (χ3v) is 4.00. The summed E-state index contributed by atoms with van der Waals surface area (Å²) >= 11 is 0. The Morgan fingerprint density at radius 2 is 1.91 bits per heavy atom. The van der Waals surface area contributed by atoms with Crippen LogP contribution in [0.5, 0.6) is 0 Å². The number of fused-ring (bicyclic) bond motifs is 3. The number of benzene rings is 1. The van der Waals surface area contributed by atoms with Crippen molar-refractivity contribution >= 4 is 27.8 Å². The maximum absolute atomic E-state index is 12.3. The Hall–Kier alpha value is -2.56. The van der Waals surface area contributed by atoms with E-state index in [-0.39, 0.29) is 6.61 Å². The second-order valence-corrected chi connectivity index (χ2v) is 5.45. The number of carbonyl (C=O) groups excluding carboxylic acids is 1. The zero-order chi connectivity index (χ0) is 16.6. The number of ether oxygens (including phenoxy) is 1. The van der Waals surface area contributed by atoms with Crippen LogP contribution in [-0.2, 0) is 11.3 Å². The van der Waals surface area contributed by atoms with E-state index in [0.29, 0.717) is 16.5 Å². The van der Waals surface area contributed by atoms with Crippen LogP contribution in [0.4, 0.5) is 0 Å². The highest BCUT2D eigenvalue weighted by Gasteiger charge is 2.25. The van der Waals surface area contributed by atoms with E-state index in [1.165, 1.54) is 0 Å². The molecule has 3 rings (SSSR count). The van der Waals surface area contributed by atoms with E-state index in [4.69, 9.17) is 9.15 Å². The first-order chi connectivity index (χ1) is 11.1. The monoisotopic (exact) mass is 313 g/mol. The fourth-order valence-corrected chi connectivity index (χ4v) is 3.04. The summed E-state index contributed by atoms with van der Waals surface area (Å²) in [6, 6.07) is 7.31. The van der Waals surface area contributed by atoms with Crippen molar-refractivity contribution in [2.24, 2.45) is 0 Å². The summed E-state index contributed by atoms with van der Waals surface area (Å²) in [7, 11) is 0. The third kappa shape index (κ3) is 2.32. The molecule has 0 amide bonds. The predicted octanol–water partition coefficient (Wildman–Crippen LogP) is 3.64. The molecule has 0 aliphatic carbocycles. The summed E-state index contributed by atoms with van der Waals surface area (Å²) in [5.74, 6) is -0.455. The van der Waals surface area contributed by atoms with Gasteiger partial charge in [-0.05, 0) is 26.3 Å². The van der Waals surface area contributed by atoms with Crippen molar-refractivity contribution in [3.8, 4) is 0 Å². The Labute approximate surface area is 133 Å². The molecule has 3 aromatic rings. The van der Waals surface area contributed by atoms with Crippen LogP contribution in [-0.4, -0.2) is 17.1 Å². The molecule has 5 heteroatoms. The number of rotatable bonds is 4. The lowest BCUT2D eigenvalue weighted by molar-refractivity contribution is 0.0526. The van der Waals surface area contributed by atoms with Crippen LogP contribution in [0, 0.1) is 6.92 Å². The molecule has 0 aliphatic rings.